The van der Waals surface area contributed by atoms with E-state index in [0.29, 0.717) is 15.8 Å². The van der Waals surface area contributed by atoms with Gasteiger partial charge in [-0.1, -0.05) is 29.8 Å². The van der Waals surface area contributed by atoms with Crippen molar-refractivity contribution in [3.8, 4) is 0 Å². The zero-order valence-electron chi connectivity index (χ0n) is 13.0. The van der Waals surface area contributed by atoms with E-state index in [2.05, 4.69) is 11.9 Å². The van der Waals surface area contributed by atoms with Gasteiger partial charge in [0.25, 0.3) is 0 Å². The quantitative estimate of drug-likeness (QED) is 0.848. The van der Waals surface area contributed by atoms with E-state index in [9.17, 15) is 8.42 Å². The largest absolute Gasteiger partial charge is 0.299 e. The summed E-state index contributed by atoms with van der Waals surface area (Å²) in [5.74, 6) is 0. The number of aryl methyl sites for hydroxylation is 1. The summed E-state index contributed by atoms with van der Waals surface area (Å²) in [6.07, 6.45) is 2.55. The summed E-state index contributed by atoms with van der Waals surface area (Å²) in [6.45, 7) is 2.82. The van der Waals surface area contributed by atoms with Crippen LogP contribution in [-0.4, -0.2) is 26.4 Å². The second-order valence-corrected chi connectivity index (χ2v) is 8.06. The molecule has 0 atom stereocenters. The van der Waals surface area contributed by atoms with Gasteiger partial charge in [-0.2, -0.15) is 0 Å². The third-order valence-electron chi connectivity index (χ3n) is 4.17. The Kier molecular flexibility index (Phi) is 4.06. The van der Waals surface area contributed by atoms with E-state index in [1.165, 1.54) is 12.8 Å². The van der Waals surface area contributed by atoms with Gasteiger partial charge in [0.15, 0.2) is 0 Å². The van der Waals surface area contributed by atoms with Crippen LogP contribution >= 0.6 is 0 Å². The van der Waals surface area contributed by atoms with Gasteiger partial charge in [-0.3, -0.25) is 4.90 Å². The second-order valence-electron chi connectivity index (χ2n) is 6.11. The van der Waals surface area contributed by atoms with Crippen LogP contribution in [0.3, 0.4) is 0 Å². The molecule has 0 unspecified atom stereocenters. The topological polar surface area (TPSA) is 37.4 Å². The first kappa shape index (κ1) is 15.3. The van der Waals surface area contributed by atoms with Crippen LogP contribution in [0.1, 0.15) is 24.0 Å². The average Bonchev–Trinajstić information content (AvgIpc) is 3.33. The molecule has 0 heterocycles. The maximum absolute atomic E-state index is 12.6. The maximum Gasteiger partial charge on any atom is 0.206 e. The molecule has 4 heteroatoms. The van der Waals surface area contributed by atoms with Crippen molar-refractivity contribution in [3.05, 3.63) is 59.7 Å². The molecule has 2 aromatic carbocycles. The van der Waals surface area contributed by atoms with Crippen molar-refractivity contribution in [1.29, 1.82) is 0 Å². The van der Waals surface area contributed by atoms with Crippen molar-refractivity contribution in [2.75, 3.05) is 7.05 Å². The molecule has 1 saturated carbocycles. The molecule has 1 fully saturated rings. The lowest BCUT2D eigenvalue weighted by atomic mass is 10.2. The van der Waals surface area contributed by atoms with Gasteiger partial charge in [0, 0.05) is 12.6 Å². The summed E-state index contributed by atoms with van der Waals surface area (Å²) in [5, 5.41) is 0. The number of sulfone groups is 1. The molecule has 0 N–H and O–H groups in total. The van der Waals surface area contributed by atoms with E-state index in [1.807, 2.05) is 31.2 Å². The summed E-state index contributed by atoms with van der Waals surface area (Å²) >= 11 is 0. The minimum atomic E-state index is -3.42. The van der Waals surface area contributed by atoms with E-state index in [4.69, 9.17) is 0 Å². The highest BCUT2D eigenvalue weighted by atomic mass is 32.2. The van der Waals surface area contributed by atoms with Crippen molar-refractivity contribution < 1.29 is 8.42 Å². The van der Waals surface area contributed by atoms with Gasteiger partial charge in [0.2, 0.25) is 9.84 Å². The van der Waals surface area contributed by atoms with Gasteiger partial charge in [-0.25, -0.2) is 8.42 Å². The lowest BCUT2D eigenvalue weighted by Crippen LogP contribution is -2.19. The molecule has 1 aliphatic rings. The zero-order chi connectivity index (χ0) is 15.7. The van der Waals surface area contributed by atoms with Crippen molar-refractivity contribution >= 4 is 9.84 Å². The molecule has 1 aliphatic carbocycles. The summed E-state index contributed by atoms with van der Waals surface area (Å²) in [4.78, 5) is 3.03. The number of rotatable bonds is 5. The van der Waals surface area contributed by atoms with Crippen LogP contribution < -0.4 is 0 Å². The Morgan fingerprint density at radius 2 is 1.45 bits per heavy atom. The summed E-state index contributed by atoms with van der Waals surface area (Å²) in [6, 6.07) is 14.9. The molecule has 22 heavy (non-hydrogen) atoms. The zero-order valence-corrected chi connectivity index (χ0v) is 13.8. The predicted octanol–water partition coefficient (Wildman–Crippen LogP) is 3.42. The first-order valence-electron chi connectivity index (χ1n) is 7.58. The van der Waals surface area contributed by atoms with Crippen LogP contribution in [0.5, 0.6) is 0 Å². The predicted molar refractivity (Wildman–Crippen MR) is 87.6 cm³/mol. The van der Waals surface area contributed by atoms with E-state index in [1.54, 1.807) is 24.3 Å². The van der Waals surface area contributed by atoms with E-state index in [-0.39, 0.29) is 0 Å². The molecule has 0 radical (unpaired) electrons. The van der Waals surface area contributed by atoms with Gasteiger partial charge in [-0.05, 0) is 56.6 Å². The van der Waals surface area contributed by atoms with Crippen LogP contribution in [0.2, 0.25) is 0 Å². The molecule has 0 aliphatic heterocycles. The average molecular weight is 315 g/mol. The lowest BCUT2D eigenvalue weighted by Gasteiger charge is -2.15. The Labute approximate surface area is 132 Å². The van der Waals surface area contributed by atoms with Crippen molar-refractivity contribution in [3.63, 3.8) is 0 Å². The first-order chi connectivity index (χ1) is 10.5. The van der Waals surface area contributed by atoms with Gasteiger partial charge >= 0.3 is 0 Å². The maximum atomic E-state index is 12.6. The fraction of sp³-hybridized carbons (Fsp3) is 0.333. The number of benzene rings is 2. The summed E-state index contributed by atoms with van der Waals surface area (Å²) < 4.78 is 25.2. The monoisotopic (exact) mass is 315 g/mol. The summed E-state index contributed by atoms with van der Waals surface area (Å²) in [7, 11) is -1.30. The van der Waals surface area contributed by atoms with E-state index >= 15 is 0 Å². The molecule has 116 valence electrons. The summed E-state index contributed by atoms with van der Waals surface area (Å²) in [5.41, 5.74) is 2.20. The van der Waals surface area contributed by atoms with Crippen molar-refractivity contribution in [1.82, 2.24) is 4.90 Å². The minimum absolute atomic E-state index is 0.348. The molecular formula is C18H21NO2S. The molecule has 0 bridgehead atoms. The molecule has 3 nitrogen and oxygen atoms in total. The highest BCUT2D eigenvalue weighted by molar-refractivity contribution is 7.91. The van der Waals surface area contributed by atoms with Crippen LogP contribution in [0.15, 0.2) is 58.3 Å². The highest BCUT2D eigenvalue weighted by Crippen LogP contribution is 2.27. The molecule has 0 amide bonds. The molecule has 0 aromatic heterocycles. The van der Waals surface area contributed by atoms with E-state index < -0.39 is 9.84 Å². The highest BCUT2D eigenvalue weighted by Gasteiger charge is 2.26. The fourth-order valence-electron chi connectivity index (χ4n) is 2.56. The molecule has 2 aromatic rings. The third-order valence-corrected chi connectivity index (χ3v) is 5.95. The third kappa shape index (κ3) is 3.23. The normalized spacial score (nSPS) is 15.2. The van der Waals surface area contributed by atoms with Gasteiger partial charge in [-0.15, -0.1) is 0 Å². The van der Waals surface area contributed by atoms with Crippen LogP contribution in [-0.2, 0) is 16.4 Å². The standard InChI is InChI=1S/C18H21NO2S/c1-14-3-9-17(10-4-14)22(20,21)18-11-5-15(6-12-18)13-19(2)16-7-8-16/h3-6,9-12,16H,7-8,13H2,1-2H3. The Balaban J connectivity index is 1.80. The first-order valence-corrected chi connectivity index (χ1v) is 9.06. The number of hydrogen-bond acceptors (Lipinski definition) is 3. The van der Waals surface area contributed by atoms with Crippen molar-refractivity contribution in [2.24, 2.45) is 0 Å². The molecule has 3 rings (SSSR count). The smallest absolute Gasteiger partial charge is 0.206 e. The van der Waals surface area contributed by atoms with E-state index in [0.717, 1.165) is 17.7 Å². The van der Waals surface area contributed by atoms with Crippen LogP contribution in [0.25, 0.3) is 0 Å². The van der Waals surface area contributed by atoms with Crippen LogP contribution in [0, 0.1) is 6.92 Å². The van der Waals surface area contributed by atoms with Gasteiger partial charge in [0.05, 0.1) is 9.79 Å². The molecule has 0 saturated heterocycles. The Bertz CT molecular complexity index is 745. The Hall–Kier alpha value is -1.65. The van der Waals surface area contributed by atoms with Gasteiger partial charge < -0.3 is 0 Å². The Morgan fingerprint density at radius 1 is 0.955 bits per heavy atom. The fourth-order valence-corrected chi connectivity index (χ4v) is 3.82. The Morgan fingerprint density at radius 3 is 1.95 bits per heavy atom. The molecular weight excluding hydrogens is 294 g/mol. The lowest BCUT2D eigenvalue weighted by molar-refractivity contribution is 0.316. The van der Waals surface area contributed by atoms with Crippen molar-refractivity contribution in [2.45, 2.75) is 42.1 Å². The molecule has 0 spiro atoms. The minimum Gasteiger partial charge on any atom is -0.299 e. The van der Waals surface area contributed by atoms with Gasteiger partial charge in [0.1, 0.15) is 0 Å². The van der Waals surface area contributed by atoms with Crippen LogP contribution in [0.4, 0.5) is 0 Å². The number of hydrogen-bond donors (Lipinski definition) is 0. The number of nitrogens with zero attached hydrogens (tertiary/aromatic N) is 1. The second kappa shape index (κ2) is 5.86. The SMILES string of the molecule is Cc1ccc(S(=O)(=O)c2ccc(CN(C)C3CC3)cc2)cc1.